The molecule has 1 aromatic heterocycles. The van der Waals surface area contributed by atoms with Gasteiger partial charge < -0.3 is 5.73 Å². The molecule has 0 fully saturated rings. The minimum atomic E-state index is -0.503. The molecule has 0 saturated heterocycles. The van der Waals surface area contributed by atoms with Crippen LogP contribution in [0.5, 0.6) is 0 Å². The first-order valence-electron chi connectivity index (χ1n) is 4.71. The van der Waals surface area contributed by atoms with E-state index >= 15 is 0 Å². The molecular formula is C10H15N3O. The van der Waals surface area contributed by atoms with E-state index in [1.54, 1.807) is 6.20 Å². The summed E-state index contributed by atoms with van der Waals surface area (Å²) in [5.74, 6) is 0.0783. The Morgan fingerprint density at radius 1 is 1.43 bits per heavy atom. The highest BCUT2D eigenvalue weighted by Crippen LogP contribution is 2.08. The Labute approximate surface area is 83.6 Å². The standard InChI is InChI=1S/C10H15N3O/c1-7(2)3-4-8-9(10(11)14)13-6-5-12-8/h5-7H,3-4H2,1-2H3,(H2,11,14). The lowest BCUT2D eigenvalue weighted by Gasteiger charge is -2.05. The van der Waals surface area contributed by atoms with E-state index in [0.717, 1.165) is 12.8 Å². The largest absolute Gasteiger partial charge is 0.364 e. The molecule has 0 saturated carbocycles. The summed E-state index contributed by atoms with van der Waals surface area (Å²) in [6, 6.07) is 0. The minimum absolute atomic E-state index is 0.299. The maximum Gasteiger partial charge on any atom is 0.269 e. The third kappa shape index (κ3) is 2.80. The molecule has 0 aromatic carbocycles. The third-order valence-electron chi connectivity index (χ3n) is 1.97. The van der Waals surface area contributed by atoms with Crippen LogP contribution in [0.1, 0.15) is 36.5 Å². The average Bonchev–Trinajstić information content (AvgIpc) is 2.15. The highest BCUT2D eigenvalue weighted by Gasteiger charge is 2.10. The summed E-state index contributed by atoms with van der Waals surface area (Å²) in [4.78, 5) is 19.0. The first-order valence-corrected chi connectivity index (χ1v) is 4.71. The van der Waals surface area contributed by atoms with E-state index in [1.807, 2.05) is 0 Å². The molecule has 4 heteroatoms. The maximum absolute atomic E-state index is 11.0. The first kappa shape index (κ1) is 10.6. The van der Waals surface area contributed by atoms with E-state index in [-0.39, 0.29) is 0 Å². The molecule has 0 aliphatic carbocycles. The Bertz CT molecular complexity index is 323. The smallest absolute Gasteiger partial charge is 0.269 e. The predicted molar refractivity (Wildman–Crippen MR) is 53.7 cm³/mol. The van der Waals surface area contributed by atoms with Gasteiger partial charge in [-0.1, -0.05) is 13.8 Å². The Kier molecular flexibility index (Phi) is 3.56. The van der Waals surface area contributed by atoms with E-state index in [4.69, 9.17) is 5.73 Å². The van der Waals surface area contributed by atoms with Crippen molar-refractivity contribution in [1.29, 1.82) is 0 Å². The van der Waals surface area contributed by atoms with Crippen LogP contribution in [0.15, 0.2) is 12.4 Å². The molecule has 0 unspecified atom stereocenters. The second-order valence-electron chi connectivity index (χ2n) is 3.65. The summed E-state index contributed by atoms with van der Waals surface area (Å²) < 4.78 is 0. The van der Waals surface area contributed by atoms with Gasteiger partial charge in [-0.3, -0.25) is 9.78 Å². The number of nitrogens with zero attached hydrogens (tertiary/aromatic N) is 2. The first-order chi connectivity index (χ1) is 6.61. The minimum Gasteiger partial charge on any atom is -0.364 e. The number of hydrogen-bond acceptors (Lipinski definition) is 3. The second kappa shape index (κ2) is 4.69. The van der Waals surface area contributed by atoms with Crippen LogP contribution in [0.2, 0.25) is 0 Å². The topological polar surface area (TPSA) is 68.9 Å². The van der Waals surface area contributed by atoms with Gasteiger partial charge in [-0.05, 0) is 18.8 Å². The van der Waals surface area contributed by atoms with Gasteiger partial charge in [-0.2, -0.15) is 0 Å². The summed E-state index contributed by atoms with van der Waals surface area (Å²) in [6.45, 7) is 4.25. The number of nitrogens with two attached hydrogens (primary N) is 1. The summed E-state index contributed by atoms with van der Waals surface area (Å²) in [7, 11) is 0. The molecule has 1 aromatic rings. The fraction of sp³-hybridized carbons (Fsp3) is 0.500. The molecule has 1 rings (SSSR count). The average molecular weight is 193 g/mol. The number of hydrogen-bond donors (Lipinski definition) is 1. The van der Waals surface area contributed by atoms with E-state index in [9.17, 15) is 4.79 Å². The highest BCUT2D eigenvalue weighted by atomic mass is 16.1. The van der Waals surface area contributed by atoms with Crippen LogP contribution < -0.4 is 5.73 Å². The van der Waals surface area contributed by atoms with Crippen molar-refractivity contribution < 1.29 is 4.79 Å². The molecule has 0 spiro atoms. The monoisotopic (exact) mass is 193 g/mol. The van der Waals surface area contributed by atoms with Crippen molar-refractivity contribution in [1.82, 2.24) is 9.97 Å². The predicted octanol–water partition coefficient (Wildman–Crippen LogP) is 1.16. The number of primary amides is 1. The van der Waals surface area contributed by atoms with Crippen LogP contribution in [0.4, 0.5) is 0 Å². The van der Waals surface area contributed by atoms with Crippen LogP contribution in [0.25, 0.3) is 0 Å². The van der Waals surface area contributed by atoms with Crippen molar-refractivity contribution in [2.45, 2.75) is 26.7 Å². The normalized spacial score (nSPS) is 10.5. The molecule has 0 atom stereocenters. The van der Waals surface area contributed by atoms with Crippen LogP contribution in [0, 0.1) is 5.92 Å². The Hall–Kier alpha value is -1.45. The molecular weight excluding hydrogens is 178 g/mol. The van der Waals surface area contributed by atoms with E-state index < -0.39 is 5.91 Å². The third-order valence-corrected chi connectivity index (χ3v) is 1.97. The van der Waals surface area contributed by atoms with Crippen molar-refractivity contribution >= 4 is 5.91 Å². The van der Waals surface area contributed by atoms with Crippen LogP contribution in [0.3, 0.4) is 0 Å². The molecule has 0 bridgehead atoms. The van der Waals surface area contributed by atoms with Gasteiger partial charge in [0, 0.05) is 12.4 Å². The fourth-order valence-electron chi connectivity index (χ4n) is 1.18. The van der Waals surface area contributed by atoms with Gasteiger partial charge in [0.2, 0.25) is 0 Å². The van der Waals surface area contributed by atoms with Crippen molar-refractivity contribution in [3.63, 3.8) is 0 Å². The van der Waals surface area contributed by atoms with Crippen molar-refractivity contribution in [2.24, 2.45) is 11.7 Å². The van der Waals surface area contributed by atoms with Crippen molar-refractivity contribution in [2.75, 3.05) is 0 Å². The summed E-state index contributed by atoms with van der Waals surface area (Å²) in [5, 5.41) is 0. The molecule has 1 amide bonds. The van der Waals surface area contributed by atoms with Crippen LogP contribution in [-0.4, -0.2) is 15.9 Å². The van der Waals surface area contributed by atoms with Gasteiger partial charge in [0.05, 0.1) is 5.69 Å². The molecule has 1 heterocycles. The molecule has 0 radical (unpaired) electrons. The number of aromatic nitrogens is 2. The molecule has 0 aliphatic rings. The fourth-order valence-corrected chi connectivity index (χ4v) is 1.18. The van der Waals surface area contributed by atoms with Gasteiger partial charge in [-0.15, -0.1) is 0 Å². The molecule has 2 N–H and O–H groups in total. The lowest BCUT2D eigenvalue weighted by atomic mass is 10.1. The van der Waals surface area contributed by atoms with Crippen LogP contribution in [-0.2, 0) is 6.42 Å². The maximum atomic E-state index is 11.0. The zero-order valence-electron chi connectivity index (χ0n) is 8.53. The lowest BCUT2D eigenvalue weighted by Crippen LogP contribution is -2.17. The van der Waals surface area contributed by atoms with E-state index in [0.29, 0.717) is 17.3 Å². The van der Waals surface area contributed by atoms with Gasteiger partial charge in [-0.25, -0.2) is 4.98 Å². The number of aryl methyl sites for hydroxylation is 1. The van der Waals surface area contributed by atoms with Gasteiger partial charge in [0.15, 0.2) is 0 Å². The van der Waals surface area contributed by atoms with Gasteiger partial charge in [0.25, 0.3) is 5.91 Å². The van der Waals surface area contributed by atoms with Crippen molar-refractivity contribution in [3.05, 3.63) is 23.8 Å². The Balaban J connectivity index is 2.79. The van der Waals surface area contributed by atoms with Crippen LogP contribution >= 0.6 is 0 Å². The Morgan fingerprint density at radius 3 is 2.64 bits per heavy atom. The molecule has 76 valence electrons. The zero-order valence-corrected chi connectivity index (χ0v) is 8.53. The summed E-state index contributed by atoms with van der Waals surface area (Å²) in [5.41, 5.74) is 6.18. The number of carbonyl (C=O) groups excluding carboxylic acids is 1. The van der Waals surface area contributed by atoms with Gasteiger partial charge in [0.1, 0.15) is 5.69 Å². The quantitative estimate of drug-likeness (QED) is 0.780. The van der Waals surface area contributed by atoms with Crippen molar-refractivity contribution in [3.8, 4) is 0 Å². The lowest BCUT2D eigenvalue weighted by molar-refractivity contribution is 0.0994. The zero-order chi connectivity index (χ0) is 10.6. The van der Waals surface area contributed by atoms with E-state index in [2.05, 4.69) is 23.8 Å². The highest BCUT2D eigenvalue weighted by molar-refractivity contribution is 5.91. The number of amides is 1. The second-order valence-corrected chi connectivity index (χ2v) is 3.65. The SMILES string of the molecule is CC(C)CCc1nccnc1C(N)=O. The molecule has 0 aliphatic heterocycles. The summed E-state index contributed by atoms with van der Waals surface area (Å²) >= 11 is 0. The molecule has 4 nitrogen and oxygen atoms in total. The summed E-state index contributed by atoms with van der Waals surface area (Å²) in [6.07, 6.45) is 4.81. The van der Waals surface area contributed by atoms with E-state index in [1.165, 1.54) is 6.20 Å². The van der Waals surface area contributed by atoms with Gasteiger partial charge >= 0.3 is 0 Å². The Morgan fingerprint density at radius 2 is 2.07 bits per heavy atom. The number of rotatable bonds is 4. The molecule has 14 heavy (non-hydrogen) atoms. The number of carbonyl (C=O) groups is 1.